The van der Waals surface area contributed by atoms with Gasteiger partial charge >= 0.3 is 11.9 Å². The number of amidine groups is 1. The van der Waals surface area contributed by atoms with Crippen LogP contribution in [0.5, 0.6) is 0 Å². The van der Waals surface area contributed by atoms with Crippen LogP contribution in [-0.2, 0) is 14.3 Å². The third-order valence-corrected chi connectivity index (χ3v) is 8.13. The molecule has 1 fully saturated rings. The van der Waals surface area contributed by atoms with Crippen LogP contribution in [0.2, 0.25) is 0 Å². The summed E-state index contributed by atoms with van der Waals surface area (Å²) in [6.45, 7) is 4.71. The number of halogens is 3. The van der Waals surface area contributed by atoms with Gasteiger partial charge in [-0.25, -0.2) is 22.9 Å². The summed E-state index contributed by atoms with van der Waals surface area (Å²) in [5.41, 5.74) is 0.898. The van der Waals surface area contributed by atoms with Gasteiger partial charge in [0.1, 0.15) is 11.9 Å². The van der Waals surface area contributed by atoms with Crippen LogP contribution in [0.15, 0.2) is 46.0 Å². The minimum atomic E-state index is -3.04. The SMILES string of the molecule is C#Cc1cc(F)ccc1C1N=C(c2nccs2)NC(CN2C(CC(C)CC(=O)O)CC(F)(F)C2C)=C1C(=O)OCC. The highest BCUT2D eigenvalue weighted by molar-refractivity contribution is 7.11. The van der Waals surface area contributed by atoms with E-state index in [1.165, 1.54) is 36.5 Å². The second-order valence-corrected chi connectivity index (χ2v) is 11.1. The van der Waals surface area contributed by atoms with Crippen molar-refractivity contribution >= 4 is 29.1 Å². The van der Waals surface area contributed by atoms with E-state index in [9.17, 15) is 19.1 Å². The van der Waals surface area contributed by atoms with Gasteiger partial charge in [0.2, 0.25) is 0 Å². The Balaban J connectivity index is 1.84. The molecule has 1 aromatic carbocycles. The van der Waals surface area contributed by atoms with Gasteiger partial charge in [0.15, 0.2) is 10.8 Å². The zero-order valence-corrected chi connectivity index (χ0v) is 23.7. The lowest BCUT2D eigenvalue weighted by atomic mass is 9.91. The first-order valence-electron chi connectivity index (χ1n) is 13.2. The molecular formula is C29H31F3N4O4S. The van der Waals surface area contributed by atoms with Gasteiger partial charge in [0.25, 0.3) is 5.92 Å². The van der Waals surface area contributed by atoms with Crippen molar-refractivity contribution in [3.05, 3.63) is 63.0 Å². The molecule has 8 nitrogen and oxygen atoms in total. The maximum atomic E-state index is 15.1. The average molecular weight is 589 g/mol. The van der Waals surface area contributed by atoms with Crippen molar-refractivity contribution in [2.75, 3.05) is 13.2 Å². The summed E-state index contributed by atoms with van der Waals surface area (Å²) in [5, 5.41) is 14.6. The zero-order valence-electron chi connectivity index (χ0n) is 22.9. The van der Waals surface area contributed by atoms with E-state index >= 15 is 8.78 Å². The fourth-order valence-corrected chi connectivity index (χ4v) is 6.00. The number of nitrogens with one attached hydrogen (secondary N) is 1. The van der Waals surface area contributed by atoms with E-state index in [0.29, 0.717) is 16.4 Å². The summed E-state index contributed by atoms with van der Waals surface area (Å²) in [5.74, 6) is -2.92. The molecule has 3 heterocycles. The first-order chi connectivity index (χ1) is 19.4. The van der Waals surface area contributed by atoms with E-state index < -0.39 is 48.2 Å². The molecule has 4 atom stereocenters. The number of hydrogen-bond acceptors (Lipinski definition) is 8. The molecule has 2 aromatic rings. The standard InChI is InChI=1S/C29H31F3N4O4S/c1-5-18-13-19(30)7-8-21(18)25-24(28(39)40-6-2)22(34-26(35-25)27-33-9-10-41-27)15-36-17(4)29(31,32)14-20(36)11-16(3)12-23(37)38/h1,7-10,13,16-17,20,25H,6,11-12,14-15H2,2-4H3,(H,34,35)(H,37,38). The van der Waals surface area contributed by atoms with E-state index in [0.717, 1.165) is 0 Å². The van der Waals surface area contributed by atoms with Crippen LogP contribution in [-0.4, -0.2) is 63.9 Å². The molecule has 2 N–H and O–H groups in total. The number of thiazole rings is 1. The number of rotatable bonds is 10. The highest BCUT2D eigenvalue weighted by Crippen LogP contribution is 2.42. The first-order valence-corrected chi connectivity index (χ1v) is 14.1. The number of carboxylic acids is 1. The van der Waals surface area contributed by atoms with Crippen LogP contribution in [0.4, 0.5) is 13.2 Å². The van der Waals surface area contributed by atoms with Crippen molar-refractivity contribution < 1.29 is 32.6 Å². The minimum absolute atomic E-state index is 0.0459. The molecule has 1 aromatic heterocycles. The van der Waals surface area contributed by atoms with Crippen molar-refractivity contribution in [2.45, 2.75) is 64.1 Å². The number of alkyl halides is 2. The van der Waals surface area contributed by atoms with Crippen LogP contribution >= 0.6 is 11.3 Å². The van der Waals surface area contributed by atoms with E-state index in [1.807, 2.05) is 0 Å². The number of likely N-dealkylation sites (tertiary alicyclic amines) is 1. The minimum Gasteiger partial charge on any atom is -0.481 e. The smallest absolute Gasteiger partial charge is 0.338 e. The molecule has 12 heteroatoms. The van der Waals surface area contributed by atoms with E-state index in [1.54, 1.807) is 30.3 Å². The van der Waals surface area contributed by atoms with Crippen LogP contribution < -0.4 is 5.32 Å². The lowest BCUT2D eigenvalue weighted by Gasteiger charge is -2.34. The number of aliphatic imine (C=N–C) groups is 1. The largest absolute Gasteiger partial charge is 0.481 e. The molecule has 0 bridgehead atoms. The molecule has 2 aliphatic heterocycles. The fraction of sp³-hybridized carbons (Fsp3) is 0.448. The second-order valence-electron chi connectivity index (χ2n) is 10.2. The van der Waals surface area contributed by atoms with E-state index in [4.69, 9.17) is 16.2 Å². The average Bonchev–Trinajstić information content (AvgIpc) is 3.51. The van der Waals surface area contributed by atoms with Gasteiger partial charge in [0, 0.05) is 48.3 Å². The van der Waals surface area contributed by atoms with Crippen molar-refractivity contribution in [3.63, 3.8) is 0 Å². The molecule has 0 saturated carbocycles. The first kappa shape index (κ1) is 30.3. The number of carbonyl (C=O) groups is 2. The predicted octanol–water partition coefficient (Wildman–Crippen LogP) is 4.77. The Kier molecular flexibility index (Phi) is 9.19. The lowest BCUT2D eigenvalue weighted by Crippen LogP contribution is -2.45. The lowest BCUT2D eigenvalue weighted by molar-refractivity contribution is -0.139. The number of terminal acetylenes is 1. The molecule has 41 heavy (non-hydrogen) atoms. The summed E-state index contributed by atoms with van der Waals surface area (Å²) in [4.78, 5) is 35.4. The summed E-state index contributed by atoms with van der Waals surface area (Å²) >= 11 is 1.29. The summed E-state index contributed by atoms with van der Waals surface area (Å²) in [6.07, 6.45) is 6.90. The maximum absolute atomic E-state index is 15.1. The molecule has 0 amide bonds. The van der Waals surface area contributed by atoms with Crippen molar-refractivity contribution in [1.82, 2.24) is 15.2 Å². The molecule has 0 radical (unpaired) electrons. The van der Waals surface area contributed by atoms with Crippen LogP contribution in [0.25, 0.3) is 0 Å². The Labute approximate surface area is 240 Å². The summed E-state index contributed by atoms with van der Waals surface area (Å²) in [6, 6.07) is 0.945. The van der Waals surface area contributed by atoms with Gasteiger partial charge in [-0.3, -0.25) is 14.7 Å². The normalized spacial score (nSPS) is 23.0. The van der Waals surface area contributed by atoms with Gasteiger partial charge < -0.3 is 15.2 Å². The molecule has 4 rings (SSSR count). The highest BCUT2D eigenvalue weighted by atomic mass is 32.1. The number of hydrogen-bond donors (Lipinski definition) is 2. The number of aromatic nitrogens is 1. The number of benzene rings is 1. The van der Waals surface area contributed by atoms with Gasteiger partial charge in [-0.2, -0.15) is 0 Å². The molecule has 1 saturated heterocycles. The topological polar surface area (TPSA) is 104 Å². The second kappa shape index (κ2) is 12.4. The van der Waals surface area contributed by atoms with Gasteiger partial charge in [-0.15, -0.1) is 17.8 Å². The van der Waals surface area contributed by atoms with E-state index in [-0.39, 0.29) is 48.7 Å². The van der Waals surface area contributed by atoms with Crippen molar-refractivity contribution in [2.24, 2.45) is 10.9 Å². The Morgan fingerprint density at radius 2 is 2.15 bits per heavy atom. The van der Waals surface area contributed by atoms with Crippen molar-refractivity contribution in [3.8, 4) is 12.3 Å². The third kappa shape index (κ3) is 6.63. The zero-order chi connectivity index (χ0) is 29.9. The number of aliphatic carboxylic acids is 1. The predicted molar refractivity (Wildman–Crippen MR) is 148 cm³/mol. The van der Waals surface area contributed by atoms with Crippen LogP contribution in [0.3, 0.4) is 0 Å². The number of carboxylic acid groups (broad SMARTS) is 1. The number of carbonyl (C=O) groups excluding carboxylic acids is 1. The van der Waals surface area contributed by atoms with E-state index in [2.05, 4.69) is 16.2 Å². The monoisotopic (exact) mass is 588 g/mol. The Bertz CT molecular complexity index is 1400. The molecule has 0 aliphatic carbocycles. The van der Waals surface area contributed by atoms with Crippen molar-refractivity contribution in [1.29, 1.82) is 0 Å². The number of nitrogens with zero attached hydrogens (tertiary/aromatic N) is 3. The Morgan fingerprint density at radius 3 is 2.78 bits per heavy atom. The van der Waals surface area contributed by atoms with Crippen LogP contribution in [0, 0.1) is 24.1 Å². The Hall–Kier alpha value is -3.69. The molecule has 218 valence electrons. The quantitative estimate of drug-likeness (QED) is 0.304. The third-order valence-electron chi connectivity index (χ3n) is 7.35. The summed E-state index contributed by atoms with van der Waals surface area (Å²) in [7, 11) is 0. The summed E-state index contributed by atoms with van der Waals surface area (Å²) < 4.78 is 49.6. The van der Waals surface area contributed by atoms with Gasteiger partial charge in [-0.05, 0) is 43.9 Å². The van der Waals surface area contributed by atoms with Gasteiger partial charge in [0.05, 0.1) is 18.2 Å². The maximum Gasteiger partial charge on any atom is 0.338 e. The number of esters is 1. The Morgan fingerprint density at radius 1 is 1.39 bits per heavy atom. The number of ether oxygens (including phenoxy) is 1. The molecule has 2 aliphatic rings. The van der Waals surface area contributed by atoms with Crippen LogP contribution in [0.1, 0.15) is 62.2 Å². The molecule has 4 unspecified atom stereocenters. The molecule has 0 spiro atoms. The van der Waals surface area contributed by atoms with Gasteiger partial charge in [-0.1, -0.05) is 18.9 Å². The molecular weight excluding hydrogens is 557 g/mol. The highest BCUT2D eigenvalue weighted by Gasteiger charge is 2.52. The fourth-order valence-electron chi connectivity index (χ4n) is 5.41.